The van der Waals surface area contributed by atoms with Crippen LogP contribution in [0.25, 0.3) is 0 Å². The van der Waals surface area contributed by atoms with Gasteiger partial charge in [0.1, 0.15) is 5.75 Å². The Labute approximate surface area is 165 Å². The van der Waals surface area contributed by atoms with Gasteiger partial charge in [0.15, 0.2) is 0 Å². The summed E-state index contributed by atoms with van der Waals surface area (Å²) in [6, 6.07) is 15.4. The Morgan fingerprint density at radius 1 is 1.14 bits per heavy atom. The van der Waals surface area contributed by atoms with E-state index in [1.807, 2.05) is 49.4 Å². The smallest absolute Gasteiger partial charge is 0.240 e. The van der Waals surface area contributed by atoms with Gasteiger partial charge in [-0.3, -0.25) is 9.59 Å². The summed E-state index contributed by atoms with van der Waals surface area (Å²) in [5.41, 5.74) is 5.48. The Balaban J connectivity index is 1.46. The van der Waals surface area contributed by atoms with E-state index in [1.165, 1.54) is 5.56 Å². The summed E-state index contributed by atoms with van der Waals surface area (Å²) in [4.78, 5) is 26.3. The molecular formula is C22H25N3O3. The van der Waals surface area contributed by atoms with E-state index >= 15 is 0 Å². The van der Waals surface area contributed by atoms with Crippen molar-refractivity contribution < 1.29 is 14.3 Å². The second-order valence-corrected chi connectivity index (χ2v) is 6.57. The van der Waals surface area contributed by atoms with E-state index in [0.29, 0.717) is 13.2 Å². The molecule has 0 fully saturated rings. The van der Waals surface area contributed by atoms with E-state index in [0.717, 1.165) is 29.8 Å². The molecule has 0 radical (unpaired) electrons. The van der Waals surface area contributed by atoms with Gasteiger partial charge in [0, 0.05) is 25.1 Å². The van der Waals surface area contributed by atoms with Crippen molar-refractivity contribution in [3.8, 4) is 5.75 Å². The van der Waals surface area contributed by atoms with E-state index in [1.54, 1.807) is 11.1 Å². The number of rotatable bonds is 7. The molecule has 28 heavy (non-hydrogen) atoms. The van der Waals surface area contributed by atoms with Crippen molar-refractivity contribution >= 4 is 23.7 Å². The number of anilines is 1. The van der Waals surface area contributed by atoms with Gasteiger partial charge in [-0.25, -0.2) is 5.43 Å². The number of ether oxygens (including phenoxy) is 1. The van der Waals surface area contributed by atoms with Gasteiger partial charge in [-0.1, -0.05) is 18.2 Å². The minimum Gasteiger partial charge on any atom is -0.494 e. The first kappa shape index (κ1) is 19.6. The lowest BCUT2D eigenvalue weighted by atomic mass is 10.0. The summed E-state index contributed by atoms with van der Waals surface area (Å²) in [5, 5.41) is 3.95. The Kier molecular flexibility index (Phi) is 6.78. The summed E-state index contributed by atoms with van der Waals surface area (Å²) in [5.74, 6) is 0.486. The Morgan fingerprint density at radius 2 is 1.93 bits per heavy atom. The SMILES string of the molecule is CCOc1ccc(C=NNC(=O)CCC(=O)N2CCCc3ccccc32)cc1. The van der Waals surface area contributed by atoms with Crippen LogP contribution in [-0.4, -0.2) is 31.2 Å². The summed E-state index contributed by atoms with van der Waals surface area (Å²) < 4.78 is 5.38. The van der Waals surface area contributed by atoms with Crippen LogP contribution in [0, 0.1) is 0 Å². The minimum absolute atomic E-state index is 0.0298. The van der Waals surface area contributed by atoms with Crippen molar-refractivity contribution in [3.63, 3.8) is 0 Å². The molecule has 0 atom stereocenters. The van der Waals surface area contributed by atoms with Gasteiger partial charge in [0.05, 0.1) is 12.8 Å². The summed E-state index contributed by atoms with van der Waals surface area (Å²) in [6.45, 7) is 3.25. The van der Waals surface area contributed by atoms with Crippen molar-refractivity contribution in [3.05, 3.63) is 59.7 Å². The maximum absolute atomic E-state index is 12.5. The van der Waals surface area contributed by atoms with Gasteiger partial charge < -0.3 is 9.64 Å². The van der Waals surface area contributed by atoms with Gasteiger partial charge in [0.25, 0.3) is 0 Å². The normalized spacial score (nSPS) is 13.2. The molecule has 6 nitrogen and oxygen atoms in total. The van der Waals surface area contributed by atoms with Crippen LogP contribution in [-0.2, 0) is 16.0 Å². The molecule has 2 aromatic rings. The Bertz CT molecular complexity index is 846. The van der Waals surface area contributed by atoms with Gasteiger partial charge in [-0.2, -0.15) is 5.10 Å². The zero-order valence-corrected chi connectivity index (χ0v) is 16.1. The lowest BCUT2D eigenvalue weighted by Gasteiger charge is -2.29. The molecule has 2 amide bonds. The van der Waals surface area contributed by atoms with Crippen LogP contribution in [0.15, 0.2) is 53.6 Å². The fourth-order valence-corrected chi connectivity index (χ4v) is 3.20. The number of nitrogens with one attached hydrogen (secondary N) is 1. The predicted molar refractivity (Wildman–Crippen MR) is 110 cm³/mol. The molecule has 0 saturated heterocycles. The van der Waals surface area contributed by atoms with Crippen LogP contribution in [0.5, 0.6) is 5.75 Å². The highest BCUT2D eigenvalue weighted by atomic mass is 16.5. The van der Waals surface area contributed by atoms with Gasteiger partial charge in [-0.05, 0) is 61.2 Å². The molecule has 0 aromatic heterocycles. The number of carbonyl (C=O) groups is 2. The van der Waals surface area contributed by atoms with E-state index in [9.17, 15) is 9.59 Å². The number of nitrogens with zero attached hydrogens (tertiary/aromatic N) is 2. The molecule has 0 aliphatic carbocycles. The fourth-order valence-electron chi connectivity index (χ4n) is 3.20. The summed E-state index contributed by atoms with van der Waals surface area (Å²) >= 11 is 0. The summed E-state index contributed by atoms with van der Waals surface area (Å²) in [6.07, 6.45) is 3.77. The number of para-hydroxylation sites is 1. The van der Waals surface area contributed by atoms with Gasteiger partial charge >= 0.3 is 0 Å². The maximum atomic E-state index is 12.5. The van der Waals surface area contributed by atoms with Gasteiger partial charge in [0.2, 0.25) is 11.8 Å². The number of amides is 2. The Hall–Kier alpha value is -3.15. The molecule has 146 valence electrons. The lowest BCUT2D eigenvalue weighted by Crippen LogP contribution is -2.36. The molecule has 0 saturated carbocycles. The predicted octanol–water partition coefficient (Wildman–Crippen LogP) is 3.30. The molecule has 1 N–H and O–H groups in total. The van der Waals surface area contributed by atoms with Gasteiger partial charge in [-0.15, -0.1) is 0 Å². The van der Waals surface area contributed by atoms with Crippen molar-refractivity contribution in [1.82, 2.24) is 5.43 Å². The first-order chi connectivity index (χ1) is 13.7. The van der Waals surface area contributed by atoms with E-state index in [4.69, 9.17) is 4.74 Å². The third-order valence-electron chi connectivity index (χ3n) is 4.57. The highest BCUT2D eigenvalue weighted by Crippen LogP contribution is 2.27. The van der Waals surface area contributed by atoms with Crippen LogP contribution in [0.4, 0.5) is 5.69 Å². The fraction of sp³-hybridized carbons (Fsp3) is 0.318. The molecule has 0 bridgehead atoms. The maximum Gasteiger partial charge on any atom is 0.240 e. The zero-order chi connectivity index (χ0) is 19.8. The molecule has 0 unspecified atom stereocenters. The van der Waals surface area contributed by atoms with Crippen LogP contribution < -0.4 is 15.1 Å². The van der Waals surface area contributed by atoms with Crippen molar-refractivity contribution in [1.29, 1.82) is 0 Å². The van der Waals surface area contributed by atoms with E-state index in [-0.39, 0.29) is 24.7 Å². The van der Waals surface area contributed by atoms with Crippen LogP contribution in [0.2, 0.25) is 0 Å². The molecule has 1 aliphatic heterocycles. The quantitative estimate of drug-likeness (QED) is 0.593. The largest absolute Gasteiger partial charge is 0.494 e. The zero-order valence-electron chi connectivity index (χ0n) is 16.1. The second-order valence-electron chi connectivity index (χ2n) is 6.57. The van der Waals surface area contributed by atoms with Crippen LogP contribution >= 0.6 is 0 Å². The number of hydrazone groups is 1. The average Bonchev–Trinajstić information content (AvgIpc) is 2.73. The number of hydrogen-bond donors (Lipinski definition) is 1. The van der Waals surface area contributed by atoms with Crippen LogP contribution in [0.3, 0.4) is 0 Å². The number of fused-ring (bicyclic) bond motifs is 1. The highest BCUT2D eigenvalue weighted by molar-refractivity contribution is 5.96. The standard InChI is InChI=1S/C22H25N3O3/c1-2-28-19-11-9-17(10-12-19)16-23-24-21(26)13-14-22(27)25-15-5-7-18-6-3-4-8-20(18)25/h3-4,6,8-12,16H,2,5,7,13-15H2,1H3,(H,24,26). The van der Waals surface area contributed by atoms with Crippen molar-refractivity contribution in [2.24, 2.45) is 5.10 Å². The van der Waals surface area contributed by atoms with Crippen LogP contribution in [0.1, 0.15) is 37.3 Å². The molecule has 2 aromatic carbocycles. The third-order valence-corrected chi connectivity index (χ3v) is 4.57. The highest BCUT2D eigenvalue weighted by Gasteiger charge is 2.22. The summed E-state index contributed by atoms with van der Waals surface area (Å²) in [7, 11) is 0. The molecule has 1 aliphatic rings. The number of aryl methyl sites for hydroxylation is 1. The van der Waals surface area contributed by atoms with E-state index in [2.05, 4.69) is 16.6 Å². The average molecular weight is 379 g/mol. The number of benzene rings is 2. The Morgan fingerprint density at radius 3 is 2.71 bits per heavy atom. The first-order valence-electron chi connectivity index (χ1n) is 9.60. The lowest BCUT2D eigenvalue weighted by molar-refractivity contribution is -0.125. The molecule has 6 heteroatoms. The molecule has 0 spiro atoms. The molecule has 1 heterocycles. The van der Waals surface area contributed by atoms with E-state index < -0.39 is 0 Å². The second kappa shape index (κ2) is 9.69. The first-order valence-corrected chi connectivity index (χ1v) is 9.60. The molecule has 3 rings (SSSR count). The number of carbonyl (C=O) groups excluding carboxylic acids is 2. The third kappa shape index (κ3) is 5.19. The number of hydrogen-bond acceptors (Lipinski definition) is 4. The van der Waals surface area contributed by atoms with Crippen molar-refractivity contribution in [2.75, 3.05) is 18.1 Å². The minimum atomic E-state index is -0.277. The molecular weight excluding hydrogens is 354 g/mol. The van der Waals surface area contributed by atoms with Crippen molar-refractivity contribution in [2.45, 2.75) is 32.6 Å². The monoisotopic (exact) mass is 379 g/mol. The topological polar surface area (TPSA) is 71.0 Å².